The number of anilines is 6. The molecule has 1 saturated heterocycles. The van der Waals surface area contributed by atoms with E-state index in [0.717, 1.165) is 88.1 Å². The number of nitrogens with one attached hydrogen (secondary N) is 5. The van der Waals surface area contributed by atoms with Crippen LogP contribution in [0.1, 0.15) is 96.8 Å². The van der Waals surface area contributed by atoms with E-state index in [2.05, 4.69) is 51.3 Å². The number of hydrogen-bond acceptors (Lipinski definition) is 16. The first kappa shape index (κ1) is 46.1. The third-order valence-electron chi connectivity index (χ3n) is 11.6. The molecule has 2 aliphatic rings. The van der Waals surface area contributed by atoms with E-state index in [-0.39, 0.29) is 61.8 Å². The molecule has 5 N–H and O–H groups in total. The third-order valence-corrected chi connectivity index (χ3v) is 12.6. The Kier molecular flexibility index (Phi) is 14.7. The number of Topliss-reactive ketones (excluding diaryl/α,β-unsaturated/α-hetero) is 1. The molecular weight excluding hydrogens is 855 g/mol. The molecular formula is C44H53N13O7S. The molecule has 0 unspecified atom stereocenters. The largest absolute Gasteiger partial charge is 0.385 e. The fourth-order valence-corrected chi connectivity index (χ4v) is 9.08. The summed E-state index contributed by atoms with van der Waals surface area (Å²) >= 11 is 0.760. The van der Waals surface area contributed by atoms with E-state index in [1.165, 1.54) is 20.8 Å². The first-order valence-electron chi connectivity index (χ1n) is 21.7. The SMILES string of the molecule is CC(=O)Nc1cc(NCCCCCNC(=O)CN2CCN(c3ccc(Nc4ncc5c(C)c(C(C)=O)c(=O)n(C6CCCC6)c5n4)nc3)CC2)ccc1C(=O)Nc1nc(C)c([N+](=O)[O-])s1. The number of piperazine rings is 1. The summed E-state index contributed by atoms with van der Waals surface area (Å²) in [7, 11) is 0. The number of hydrogen-bond donors (Lipinski definition) is 5. The minimum atomic E-state index is -0.561. The van der Waals surface area contributed by atoms with Gasteiger partial charge in [0, 0.05) is 69.5 Å². The van der Waals surface area contributed by atoms with Crippen molar-refractivity contribution in [3.05, 3.63) is 85.6 Å². The molecule has 1 aromatic carbocycles. The Hall–Kier alpha value is -6.87. The van der Waals surface area contributed by atoms with E-state index in [9.17, 15) is 34.1 Å². The van der Waals surface area contributed by atoms with E-state index < -0.39 is 10.8 Å². The molecule has 0 radical (unpaired) electrons. The molecule has 0 bridgehead atoms. The number of benzene rings is 1. The number of aryl methyl sites for hydroxylation is 2. The number of carbonyl (C=O) groups is 4. The highest BCUT2D eigenvalue weighted by Crippen LogP contribution is 2.33. The van der Waals surface area contributed by atoms with E-state index in [1.54, 1.807) is 42.1 Å². The Balaban J connectivity index is 0.814. The summed E-state index contributed by atoms with van der Waals surface area (Å²) in [6, 6.07) is 8.78. The standard InChI is InChI=1S/C44H53N13O7S/c1-26-34-24-48-43(52-39(34)56(31-10-6-7-11-31)41(62)38(26)28(3)58)51-36-15-13-32(23-47-36)55-20-18-54(19-21-55)25-37(60)46-17-9-5-8-16-45-30-12-14-33(35(22-30)50-29(4)59)40(61)53-44-49-27(2)42(65-44)57(63)64/h12-15,22-24,31,45H,5-11,16-21,25H2,1-4H3,(H,46,60)(H,50,59)(H,49,53,61)(H,47,48,51,52). The van der Waals surface area contributed by atoms with Crippen LogP contribution in [0.25, 0.3) is 11.0 Å². The summed E-state index contributed by atoms with van der Waals surface area (Å²) in [6.45, 7) is 10.5. The molecule has 0 spiro atoms. The van der Waals surface area contributed by atoms with Crippen molar-refractivity contribution in [3.8, 4) is 0 Å². The van der Waals surface area contributed by atoms with Crippen LogP contribution in [-0.2, 0) is 9.59 Å². The number of nitro groups is 1. The van der Waals surface area contributed by atoms with Crippen molar-refractivity contribution >= 4 is 84.8 Å². The van der Waals surface area contributed by atoms with Crippen LogP contribution < -0.4 is 37.0 Å². The van der Waals surface area contributed by atoms with Gasteiger partial charge < -0.3 is 26.2 Å². The van der Waals surface area contributed by atoms with Gasteiger partial charge in [-0.25, -0.2) is 15.0 Å². The predicted octanol–water partition coefficient (Wildman–Crippen LogP) is 5.96. The number of aromatic nitrogens is 5. The number of amides is 3. The Morgan fingerprint density at radius 1 is 0.908 bits per heavy atom. The van der Waals surface area contributed by atoms with Crippen LogP contribution in [0.15, 0.2) is 47.5 Å². The highest BCUT2D eigenvalue weighted by molar-refractivity contribution is 7.19. The molecule has 5 heterocycles. The van der Waals surface area contributed by atoms with Crippen LogP contribution in [0.2, 0.25) is 0 Å². The number of pyridine rings is 2. The Morgan fingerprint density at radius 3 is 2.34 bits per heavy atom. The molecule has 7 rings (SSSR count). The average Bonchev–Trinajstić information content (AvgIpc) is 3.93. The highest BCUT2D eigenvalue weighted by atomic mass is 32.1. The second kappa shape index (κ2) is 20.8. The van der Waals surface area contributed by atoms with Gasteiger partial charge in [0.15, 0.2) is 10.9 Å². The van der Waals surface area contributed by atoms with E-state index >= 15 is 0 Å². The Bertz CT molecular complexity index is 2650. The first-order chi connectivity index (χ1) is 31.2. The van der Waals surface area contributed by atoms with Gasteiger partial charge in [0.25, 0.3) is 11.5 Å². The maximum Gasteiger partial charge on any atom is 0.348 e. The number of ketones is 1. The zero-order valence-corrected chi connectivity index (χ0v) is 37.7. The highest BCUT2D eigenvalue weighted by Gasteiger charge is 2.27. The average molecular weight is 908 g/mol. The van der Waals surface area contributed by atoms with E-state index in [4.69, 9.17) is 4.98 Å². The lowest BCUT2D eigenvalue weighted by Gasteiger charge is -2.35. The van der Waals surface area contributed by atoms with Crippen molar-refractivity contribution < 1.29 is 24.1 Å². The fourth-order valence-electron chi connectivity index (χ4n) is 8.30. The normalized spacial score (nSPS) is 14.3. The molecule has 5 aromatic rings. The third kappa shape index (κ3) is 11.3. The van der Waals surface area contributed by atoms with E-state index in [1.807, 2.05) is 12.1 Å². The van der Waals surface area contributed by atoms with Crippen molar-refractivity contribution in [2.45, 2.75) is 78.7 Å². The topological polar surface area (TPSA) is 252 Å². The quantitative estimate of drug-likeness (QED) is 0.0294. The molecule has 1 aliphatic carbocycles. The summed E-state index contributed by atoms with van der Waals surface area (Å²) in [5, 5.41) is 26.6. The smallest absolute Gasteiger partial charge is 0.348 e. The molecule has 342 valence electrons. The number of nitrogens with zero attached hydrogens (tertiary/aromatic N) is 8. The number of unbranched alkanes of at least 4 members (excludes halogenated alkanes) is 2. The van der Waals surface area contributed by atoms with Gasteiger partial charge in [0.05, 0.1) is 40.2 Å². The molecule has 3 amide bonds. The van der Waals surface area contributed by atoms with Crippen LogP contribution in [0.4, 0.5) is 39.0 Å². The fraction of sp³-hybridized carbons (Fsp3) is 0.432. The van der Waals surface area contributed by atoms with Crippen LogP contribution in [0.3, 0.4) is 0 Å². The van der Waals surface area contributed by atoms with Crippen molar-refractivity contribution in [1.29, 1.82) is 0 Å². The van der Waals surface area contributed by atoms with Gasteiger partial charge in [-0.05, 0) is 100 Å². The van der Waals surface area contributed by atoms with Crippen LogP contribution in [0, 0.1) is 24.0 Å². The van der Waals surface area contributed by atoms with Crippen LogP contribution in [-0.4, -0.2) is 104 Å². The summed E-state index contributed by atoms with van der Waals surface area (Å²) < 4.78 is 1.69. The second-order valence-corrected chi connectivity index (χ2v) is 17.3. The van der Waals surface area contributed by atoms with Gasteiger partial charge in [-0.2, -0.15) is 4.98 Å². The number of carbonyl (C=O) groups excluding carboxylic acids is 4. The predicted molar refractivity (Wildman–Crippen MR) is 250 cm³/mol. The molecule has 1 aliphatic heterocycles. The molecule has 0 atom stereocenters. The van der Waals surface area contributed by atoms with Crippen molar-refractivity contribution in [1.82, 2.24) is 34.7 Å². The lowest BCUT2D eigenvalue weighted by molar-refractivity contribution is -0.380. The van der Waals surface area contributed by atoms with E-state index in [0.29, 0.717) is 53.7 Å². The molecule has 20 nitrogen and oxygen atoms in total. The minimum absolute atomic E-state index is 0.0109. The molecule has 1 saturated carbocycles. The van der Waals surface area contributed by atoms with Gasteiger partial charge in [-0.3, -0.25) is 48.9 Å². The van der Waals surface area contributed by atoms with Crippen molar-refractivity contribution in [2.75, 3.05) is 72.0 Å². The zero-order chi connectivity index (χ0) is 46.2. The number of rotatable bonds is 18. The maximum absolute atomic E-state index is 13.6. The molecule has 2 fully saturated rings. The lowest BCUT2D eigenvalue weighted by atomic mass is 10.0. The van der Waals surface area contributed by atoms with Gasteiger partial charge in [-0.15, -0.1) is 0 Å². The summed E-state index contributed by atoms with van der Waals surface area (Å²) in [6.07, 6.45) is 9.74. The minimum Gasteiger partial charge on any atom is -0.385 e. The first-order valence-corrected chi connectivity index (χ1v) is 22.6. The van der Waals surface area contributed by atoms with Crippen LogP contribution >= 0.6 is 11.3 Å². The van der Waals surface area contributed by atoms with Gasteiger partial charge >= 0.3 is 5.00 Å². The summed E-state index contributed by atoms with van der Waals surface area (Å²) in [5.41, 5.74) is 3.35. The number of thiazole rings is 1. The van der Waals surface area contributed by atoms with Crippen molar-refractivity contribution in [2.24, 2.45) is 0 Å². The molecule has 65 heavy (non-hydrogen) atoms. The van der Waals surface area contributed by atoms with Crippen LogP contribution in [0.5, 0.6) is 0 Å². The second-order valence-electron chi connectivity index (χ2n) is 16.3. The summed E-state index contributed by atoms with van der Waals surface area (Å²) in [4.78, 5) is 96.6. The maximum atomic E-state index is 13.6. The monoisotopic (exact) mass is 907 g/mol. The van der Waals surface area contributed by atoms with Gasteiger partial charge in [0.2, 0.25) is 17.8 Å². The Morgan fingerprint density at radius 2 is 1.66 bits per heavy atom. The number of fused-ring (bicyclic) bond motifs is 1. The van der Waals surface area contributed by atoms with Gasteiger partial charge in [-0.1, -0.05) is 12.8 Å². The Labute approximate surface area is 378 Å². The molecule has 4 aromatic heterocycles. The zero-order valence-electron chi connectivity index (χ0n) is 36.9. The lowest BCUT2D eigenvalue weighted by Crippen LogP contribution is -2.49. The van der Waals surface area contributed by atoms with Gasteiger partial charge in [0.1, 0.15) is 17.2 Å². The summed E-state index contributed by atoms with van der Waals surface area (Å²) in [5.74, 6) is -0.326. The van der Waals surface area contributed by atoms with Crippen molar-refractivity contribution in [3.63, 3.8) is 0 Å². The molecule has 21 heteroatoms.